The van der Waals surface area contributed by atoms with E-state index in [-0.39, 0.29) is 0 Å². The third-order valence-electron chi connectivity index (χ3n) is 3.14. The van der Waals surface area contributed by atoms with Gasteiger partial charge in [-0.25, -0.2) is 0 Å². The molecule has 1 unspecified atom stereocenters. The summed E-state index contributed by atoms with van der Waals surface area (Å²) in [7, 11) is 0. The molecular weight excluding hydrogens is 332 g/mol. The quantitative estimate of drug-likeness (QED) is 0.770. The van der Waals surface area contributed by atoms with Gasteiger partial charge in [-0.2, -0.15) is 0 Å². The highest BCUT2D eigenvalue weighted by Gasteiger charge is 2.13. The summed E-state index contributed by atoms with van der Waals surface area (Å²) >= 11 is 5.34. The summed E-state index contributed by atoms with van der Waals surface area (Å²) in [6, 6.07) is 10.9. The molecular formula is C16H19BrN2S. The molecule has 0 aliphatic carbocycles. The first-order valence-corrected chi connectivity index (χ1v) is 8.51. The number of hydrogen-bond acceptors (Lipinski definition) is 3. The molecule has 0 aliphatic heterocycles. The van der Waals surface area contributed by atoms with Crippen LogP contribution in [0.25, 0.3) is 0 Å². The van der Waals surface area contributed by atoms with Gasteiger partial charge in [0, 0.05) is 33.6 Å². The van der Waals surface area contributed by atoms with Crippen molar-refractivity contribution in [3.63, 3.8) is 0 Å². The van der Waals surface area contributed by atoms with E-state index in [1.807, 2.05) is 24.2 Å². The number of aryl methyl sites for hydroxylation is 1. The van der Waals surface area contributed by atoms with E-state index in [1.165, 1.54) is 16.0 Å². The van der Waals surface area contributed by atoms with Crippen LogP contribution >= 0.6 is 27.7 Å². The Morgan fingerprint density at radius 2 is 2.00 bits per heavy atom. The third-order valence-corrected chi connectivity index (χ3v) is 4.77. The summed E-state index contributed by atoms with van der Waals surface area (Å²) in [5, 5.41) is 3.55. The van der Waals surface area contributed by atoms with Gasteiger partial charge in [-0.15, -0.1) is 11.8 Å². The van der Waals surface area contributed by atoms with E-state index in [4.69, 9.17) is 0 Å². The lowest BCUT2D eigenvalue weighted by molar-refractivity contribution is 0.601. The van der Waals surface area contributed by atoms with Crippen molar-refractivity contribution in [2.24, 2.45) is 0 Å². The molecule has 0 spiro atoms. The fraction of sp³-hybridized carbons (Fsp3) is 0.312. The smallest absolute Gasteiger partial charge is 0.0433 e. The van der Waals surface area contributed by atoms with Gasteiger partial charge in [0.1, 0.15) is 0 Å². The Morgan fingerprint density at radius 1 is 1.25 bits per heavy atom. The van der Waals surface area contributed by atoms with Crippen LogP contribution in [-0.4, -0.2) is 17.3 Å². The predicted molar refractivity (Wildman–Crippen MR) is 90.3 cm³/mol. The van der Waals surface area contributed by atoms with Crippen LogP contribution < -0.4 is 5.32 Å². The summed E-state index contributed by atoms with van der Waals surface area (Å²) in [6.07, 6.45) is 3.83. The second-order valence-electron chi connectivity index (χ2n) is 4.61. The second-order valence-corrected chi connectivity index (χ2v) is 6.62. The highest BCUT2D eigenvalue weighted by Crippen LogP contribution is 2.27. The van der Waals surface area contributed by atoms with Crippen molar-refractivity contribution in [3.05, 3.63) is 58.3 Å². The van der Waals surface area contributed by atoms with Gasteiger partial charge in [0.15, 0.2) is 0 Å². The van der Waals surface area contributed by atoms with Gasteiger partial charge in [0.05, 0.1) is 0 Å². The minimum atomic E-state index is 0.336. The van der Waals surface area contributed by atoms with Crippen molar-refractivity contribution in [1.82, 2.24) is 10.3 Å². The van der Waals surface area contributed by atoms with Gasteiger partial charge in [0.2, 0.25) is 0 Å². The van der Waals surface area contributed by atoms with Crippen LogP contribution in [0.2, 0.25) is 0 Å². The Kier molecular flexibility index (Phi) is 6.07. The van der Waals surface area contributed by atoms with Gasteiger partial charge in [-0.1, -0.05) is 22.9 Å². The zero-order valence-electron chi connectivity index (χ0n) is 11.8. The normalized spacial score (nSPS) is 12.3. The van der Waals surface area contributed by atoms with Crippen molar-refractivity contribution < 1.29 is 0 Å². The Morgan fingerprint density at radius 3 is 2.65 bits per heavy atom. The number of hydrogen-bond donors (Lipinski definition) is 1. The zero-order chi connectivity index (χ0) is 14.4. The number of nitrogens with zero attached hydrogens (tertiary/aromatic N) is 1. The molecule has 0 saturated heterocycles. The van der Waals surface area contributed by atoms with E-state index >= 15 is 0 Å². The first-order chi connectivity index (χ1) is 9.70. The molecule has 0 amide bonds. The molecule has 0 aliphatic rings. The van der Waals surface area contributed by atoms with Crippen molar-refractivity contribution in [2.45, 2.75) is 24.8 Å². The molecule has 2 nitrogen and oxygen atoms in total. The lowest BCUT2D eigenvalue weighted by Crippen LogP contribution is -2.23. The SMILES string of the molecule is CCNC(CSc1ccc(Br)cc1)c1cnccc1C. The topological polar surface area (TPSA) is 24.9 Å². The van der Waals surface area contributed by atoms with Crippen LogP contribution in [0.4, 0.5) is 0 Å². The summed E-state index contributed by atoms with van der Waals surface area (Å²) in [6.45, 7) is 5.24. The maximum absolute atomic E-state index is 4.26. The van der Waals surface area contributed by atoms with Crippen LogP contribution in [0, 0.1) is 6.92 Å². The molecule has 4 heteroatoms. The maximum Gasteiger partial charge on any atom is 0.0433 e. The molecule has 2 aromatic rings. The number of nitrogens with one attached hydrogen (secondary N) is 1. The number of halogens is 1. The van der Waals surface area contributed by atoms with Gasteiger partial charge in [0.25, 0.3) is 0 Å². The summed E-state index contributed by atoms with van der Waals surface area (Å²) < 4.78 is 1.12. The monoisotopic (exact) mass is 350 g/mol. The van der Waals surface area contributed by atoms with Crippen molar-refractivity contribution in [3.8, 4) is 0 Å². The second kappa shape index (κ2) is 7.81. The fourth-order valence-corrected chi connectivity index (χ4v) is 3.31. The van der Waals surface area contributed by atoms with Crippen molar-refractivity contribution >= 4 is 27.7 Å². The van der Waals surface area contributed by atoms with E-state index in [0.29, 0.717) is 6.04 Å². The molecule has 1 aromatic heterocycles. The van der Waals surface area contributed by atoms with Crippen LogP contribution in [0.15, 0.2) is 52.1 Å². The van der Waals surface area contributed by atoms with Gasteiger partial charge >= 0.3 is 0 Å². The number of benzene rings is 1. The average molecular weight is 351 g/mol. The van der Waals surface area contributed by atoms with Crippen LogP contribution in [-0.2, 0) is 0 Å². The highest BCUT2D eigenvalue weighted by molar-refractivity contribution is 9.10. The molecule has 1 atom stereocenters. The Bertz CT molecular complexity index is 542. The predicted octanol–water partition coefficient (Wildman–Crippen LogP) is 4.60. The molecule has 1 heterocycles. The van der Waals surface area contributed by atoms with E-state index in [1.54, 1.807) is 0 Å². The molecule has 0 radical (unpaired) electrons. The first kappa shape index (κ1) is 15.5. The molecule has 106 valence electrons. The van der Waals surface area contributed by atoms with Crippen LogP contribution in [0.3, 0.4) is 0 Å². The fourth-order valence-electron chi connectivity index (χ4n) is 2.06. The Hall–Kier alpha value is -0.840. The molecule has 20 heavy (non-hydrogen) atoms. The largest absolute Gasteiger partial charge is 0.309 e. The molecule has 2 rings (SSSR count). The average Bonchev–Trinajstić information content (AvgIpc) is 2.46. The number of rotatable bonds is 6. The Balaban J connectivity index is 2.06. The minimum absolute atomic E-state index is 0.336. The maximum atomic E-state index is 4.26. The lowest BCUT2D eigenvalue weighted by Gasteiger charge is -2.19. The van der Waals surface area contributed by atoms with Crippen LogP contribution in [0.1, 0.15) is 24.1 Å². The highest BCUT2D eigenvalue weighted by atomic mass is 79.9. The number of pyridine rings is 1. The lowest BCUT2D eigenvalue weighted by atomic mass is 10.1. The Labute approximate surface area is 133 Å². The molecule has 0 saturated carbocycles. The van der Waals surface area contributed by atoms with E-state index < -0.39 is 0 Å². The number of thioether (sulfide) groups is 1. The minimum Gasteiger partial charge on any atom is -0.309 e. The molecule has 0 fully saturated rings. The van der Waals surface area contributed by atoms with Crippen molar-refractivity contribution in [2.75, 3.05) is 12.3 Å². The standard InChI is InChI=1S/C16H19BrN2S/c1-3-19-16(15-10-18-9-8-12(15)2)11-20-14-6-4-13(17)5-7-14/h4-10,16,19H,3,11H2,1-2H3. The van der Waals surface area contributed by atoms with E-state index in [9.17, 15) is 0 Å². The summed E-state index contributed by atoms with van der Waals surface area (Å²) in [5.74, 6) is 1.00. The molecule has 0 bridgehead atoms. The number of aromatic nitrogens is 1. The summed E-state index contributed by atoms with van der Waals surface area (Å²) in [5.41, 5.74) is 2.58. The van der Waals surface area contributed by atoms with E-state index in [2.05, 4.69) is 70.4 Å². The van der Waals surface area contributed by atoms with Crippen molar-refractivity contribution in [1.29, 1.82) is 0 Å². The zero-order valence-corrected chi connectivity index (χ0v) is 14.2. The van der Waals surface area contributed by atoms with E-state index in [0.717, 1.165) is 16.8 Å². The summed E-state index contributed by atoms with van der Waals surface area (Å²) in [4.78, 5) is 5.55. The first-order valence-electron chi connectivity index (χ1n) is 6.73. The molecule has 1 aromatic carbocycles. The van der Waals surface area contributed by atoms with Gasteiger partial charge < -0.3 is 5.32 Å². The van der Waals surface area contributed by atoms with Crippen LogP contribution in [0.5, 0.6) is 0 Å². The third kappa shape index (κ3) is 4.33. The van der Waals surface area contributed by atoms with Gasteiger partial charge in [-0.05, 0) is 54.9 Å². The van der Waals surface area contributed by atoms with Gasteiger partial charge in [-0.3, -0.25) is 4.98 Å². The molecule has 1 N–H and O–H groups in total.